The van der Waals surface area contributed by atoms with Crippen molar-refractivity contribution in [2.24, 2.45) is 0 Å². The van der Waals surface area contributed by atoms with Crippen molar-refractivity contribution >= 4 is 18.4 Å². The summed E-state index contributed by atoms with van der Waals surface area (Å²) in [5.41, 5.74) is 5.50. The van der Waals surface area contributed by atoms with Gasteiger partial charge >= 0.3 is 0 Å². The largest absolute Gasteiger partial charge is 0.139 e. The Kier molecular flexibility index (Phi) is 4.42. The molecule has 2 aliphatic rings. The van der Waals surface area contributed by atoms with Gasteiger partial charge < -0.3 is 0 Å². The van der Waals surface area contributed by atoms with Crippen LogP contribution in [0.1, 0.15) is 20.8 Å². The van der Waals surface area contributed by atoms with E-state index in [1.807, 2.05) is 0 Å². The highest BCUT2D eigenvalue weighted by Gasteiger charge is 2.51. The Balaban J connectivity index is 2.07. The third-order valence-electron chi connectivity index (χ3n) is 6.19. The molecular formula is C25H26Si. The van der Waals surface area contributed by atoms with Crippen LogP contribution in [0.15, 0.2) is 108 Å². The summed E-state index contributed by atoms with van der Waals surface area (Å²) in [5, 5.41) is 3.05. The van der Waals surface area contributed by atoms with Crippen molar-refractivity contribution in [2.45, 2.75) is 31.9 Å². The van der Waals surface area contributed by atoms with Crippen molar-refractivity contribution in [2.75, 3.05) is 0 Å². The lowest BCUT2D eigenvalue weighted by Crippen LogP contribution is -2.64. The lowest BCUT2D eigenvalue weighted by molar-refractivity contribution is 1.05. The summed E-state index contributed by atoms with van der Waals surface area (Å²) in [6, 6.07) is 22.6. The van der Waals surface area contributed by atoms with Crippen molar-refractivity contribution in [1.29, 1.82) is 0 Å². The van der Waals surface area contributed by atoms with E-state index in [0.29, 0.717) is 11.1 Å². The van der Waals surface area contributed by atoms with Crippen molar-refractivity contribution in [1.82, 2.24) is 0 Å². The van der Waals surface area contributed by atoms with Crippen molar-refractivity contribution in [3.63, 3.8) is 0 Å². The second-order valence-corrected chi connectivity index (χ2v) is 11.7. The maximum atomic E-state index is 2.43. The molecule has 4 rings (SSSR count). The minimum atomic E-state index is -2.15. The Morgan fingerprint density at radius 1 is 0.692 bits per heavy atom. The van der Waals surface area contributed by atoms with Gasteiger partial charge in [-0.1, -0.05) is 118 Å². The SMILES string of the molecule is CC1=CC(C)=C(C)C1[Si](c1ccccc1)(c1ccccc1)C1C=CC=C1. The quantitative estimate of drug-likeness (QED) is 0.644. The Morgan fingerprint density at radius 2 is 1.19 bits per heavy atom. The molecule has 0 amide bonds. The summed E-state index contributed by atoms with van der Waals surface area (Å²) in [5.74, 6) is 0. The van der Waals surface area contributed by atoms with Gasteiger partial charge in [-0.05, 0) is 26.3 Å². The second-order valence-electron chi connectivity index (χ2n) is 7.58. The van der Waals surface area contributed by atoms with E-state index in [1.165, 1.54) is 21.5 Å². The lowest BCUT2D eigenvalue weighted by Gasteiger charge is -2.43. The zero-order valence-electron chi connectivity index (χ0n) is 15.8. The molecule has 26 heavy (non-hydrogen) atoms. The van der Waals surface area contributed by atoms with E-state index >= 15 is 0 Å². The molecule has 0 bridgehead atoms. The summed E-state index contributed by atoms with van der Waals surface area (Å²) < 4.78 is 0. The molecule has 130 valence electrons. The van der Waals surface area contributed by atoms with E-state index in [9.17, 15) is 0 Å². The number of hydrogen-bond acceptors (Lipinski definition) is 0. The average Bonchev–Trinajstić information content (AvgIpc) is 3.29. The Hall–Kier alpha value is -2.38. The van der Waals surface area contributed by atoms with Crippen LogP contribution in [0.25, 0.3) is 0 Å². The molecule has 0 spiro atoms. The zero-order chi connectivity index (χ0) is 18.1. The molecule has 0 aliphatic heterocycles. The molecule has 0 N–H and O–H groups in total. The number of hydrogen-bond donors (Lipinski definition) is 0. The molecule has 2 aromatic carbocycles. The minimum absolute atomic E-state index is 0.474. The predicted molar refractivity (Wildman–Crippen MR) is 116 cm³/mol. The van der Waals surface area contributed by atoms with Gasteiger partial charge in [0.15, 0.2) is 0 Å². The number of rotatable bonds is 4. The van der Waals surface area contributed by atoms with Gasteiger partial charge in [-0.25, -0.2) is 0 Å². The van der Waals surface area contributed by atoms with Gasteiger partial charge in [0.2, 0.25) is 0 Å². The van der Waals surface area contributed by atoms with Crippen molar-refractivity contribution < 1.29 is 0 Å². The Labute approximate surface area is 158 Å². The molecule has 2 aromatic rings. The molecule has 1 heteroatoms. The molecular weight excluding hydrogens is 328 g/mol. The fraction of sp³-hybridized carbons (Fsp3) is 0.200. The lowest BCUT2D eigenvalue weighted by atomic mass is 10.1. The molecule has 0 fully saturated rings. The first-order chi connectivity index (χ1) is 12.7. The van der Waals surface area contributed by atoms with Crippen LogP contribution in [-0.4, -0.2) is 8.07 Å². The van der Waals surface area contributed by atoms with Crippen molar-refractivity contribution in [3.05, 3.63) is 108 Å². The van der Waals surface area contributed by atoms with Crippen LogP contribution >= 0.6 is 0 Å². The topological polar surface area (TPSA) is 0 Å². The molecule has 1 atom stereocenters. The molecule has 0 aromatic heterocycles. The van der Waals surface area contributed by atoms with Gasteiger partial charge in [0.1, 0.15) is 8.07 Å². The summed E-state index contributed by atoms with van der Waals surface area (Å²) in [6.45, 7) is 6.96. The third-order valence-corrected chi connectivity index (χ3v) is 12.0. The van der Waals surface area contributed by atoms with E-state index in [2.05, 4.69) is 112 Å². The van der Waals surface area contributed by atoms with Gasteiger partial charge in [0.25, 0.3) is 0 Å². The number of allylic oxidation sites excluding steroid dienone is 8. The second kappa shape index (κ2) is 6.73. The first kappa shape index (κ1) is 17.1. The summed E-state index contributed by atoms with van der Waals surface area (Å²) in [4.78, 5) is 0. The first-order valence-electron chi connectivity index (χ1n) is 9.47. The molecule has 0 saturated carbocycles. The van der Waals surface area contributed by atoms with Gasteiger partial charge in [-0.2, -0.15) is 0 Å². The molecule has 0 saturated heterocycles. The smallest absolute Gasteiger partial charge is 0.0796 e. The summed E-state index contributed by atoms with van der Waals surface area (Å²) in [6.07, 6.45) is 11.7. The average molecular weight is 355 g/mol. The van der Waals surface area contributed by atoms with Crippen LogP contribution in [0.5, 0.6) is 0 Å². The fourth-order valence-corrected chi connectivity index (χ4v) is 11.2. The highest BCUT2D eigenvalue weighted by molar-refractivity contribution is 7.05. The molecule has 2 aliphatic carbocycles. The first-order valence-corrected chi connectivity index (χ1v) is 11.6. The zero-order valence-corrected chi connectivity index (χ0v) is 16.8. The van der Waals surface area contributed by atoms with Crippen molar-refractivity contribution in [3.8, 4) is 0 Å². The highest BCUT2D eigenvalue weighted by atomic mass is 28.3. The molecule has 0 radical (unpaired) electrons. The van der Waals surface area contributed by atoms with Gasteiger partial charge in [-0.15, -0.1) is 0 Å². The molecule has 0 heterocycles. The standard InChI is InChI=1S/C25H26Si/c1-19-18-20(2)25(21(19)3)26(24-16-10-11-17-24,22-12-6-4-7-13-22)23-14-8-5-9-15-23/h4-18,24-25H,1-3H3. The van der Waals surface area contributed by atoms with E-state index in [1.54, 1.807) is 5.57 Å². The maximum Gasteiger partial charge on any atom is 0.139 e. The monoisotopic (exact) mass is 354 g/mol. The summed E-state index contributed by atoms with van der Waals surface area (Å²) >= 11 is 0. The van der Waals surface area contributed by atoms with Gasteiger partial charge in [-0.3, -0.25) is 0 Å². The van der Waals surface area contributed by atoms with Crippen LogP contribution in [0.2, 0.25) is 11.1 Å². The number of benzene rings is 2. The Morgan fingerprint density at radius 3 is 1.62 bits per heavy atom. The van der Waals surface area contributed by atoms with Gasteiger partial charge in [0.05, 0.1) is 0 Å². The minimum Gasteiger partial charge on any atom is -0.0796 e. The Bertz CT molecular complexity index is 862. The maximum absolute atomic E-state index is 2.43. The van der Waals surface area contributed by atoms with Crippen LogP contribution < -0.4 is 10.4 Å². The molecule has 0 nitrogen and oxygen atoms in total. The third kappa shape index (κ3) is 2.50. The van der Waals surface area contributed by atoms with Gasteiger partial charge in [0, 0.05) is 5.54 Å². The van der Waals surface area contributed by atoms with Crippen LogP contribution in [-0.2, 0) is 0 Å². The highest BCUT2D eigenvalue weighted by Crippen LogP contribution is 2.48. The van der Waals surface area contributed by atoms with E-state index < -0.39 is 8.07 Å². The van der Waals surface area contributed by atoms with E-state index in [-0.39, 0.29) is 0 Å². The molecule has 1 unspecified atom stereocenters. The fourth-order valence-electron chi connectivity index (χ4n) is 5.05. The predicted octanol–water partition coefficient (Wildman–Crippen LogP) is 5.41. The van der Waals surface area contributed by atoms with E-state index in [0.717, 1.165) is 0 Å². The summed E-state index contributed by atoms with van der Waals surface area (Å²) in [7, 11) is -2.15. The van der Waals surface area contributed by atoms with Crippen LogP contribution in [0.4, 0.5) is 0 Å². The van der Waals surface area contributed by atoms with Crippen LogP contribution in [0, 0.1) is 0 Å². The van der Waals surface area contributed by atoms with E-state index in [4.69, 9.17) is 0 Å². The van der Waals surface area contributed by atoms with Crippen LogP contribution in [0.3, 0.4) is 0 Å². The normalized spacial score (nSPS) is 20.1.